The fourth-order valence-corrected chi connectivity index (χ4v) is 3.06. The number of allylic oxidation sites excluding steroid dienone is 1. The zero-order valence-electron chi connectivity index (χ0n) is 13.8. The lowest BCUT2D eigenvalue weighted by molar-refractivity contribution is -0.113. The van der Waals surface area contributed by atoms with Gasteiger partial charge in [-0.25, -0.2) is 0 Å². The van der Waals surface area contributed by atoms with Crippen molar-refractivity contribution in [2.75, 3.05) is 10.6 Å². The number of fused-ring (bicyclic) bond motifs is 1. The van der Waals surface area contributed by atoms with Gasteiger partial charge < -0.3 is 15.2 Å². The molecule has 0 spiro atoms. The Kier molecular flexibility index (Phi) is 3.57. The van der Waals surface area contributed by atoms with E-state index in [0.29, 0.717) is 11.5 Å². The first kappa shape index (κ1) is 15.1. The van der Waals surface area contributed by atoms with Gasteiger partial charge in [-0.1, -0.05) is 23.3 Å². The van der Waals surface area contributed by atoms with E-state index in [9.17, 15) is 4.79 Å². The van der Waals surface area contributed by atoms with E-state index in [1.807, 2.05) is 67.2 Å². The molecule has 3 aromatic rings. The van der Waals surface area contributed by atoms with Crippen molar-refractivity contribution in [1.82, 2.24) is 24.8 Å². The number of hydrogen-bond acceptors (Lipinski definition) is 5. The number of tetrazole rings is 1. The molecule has 0 aliphatic carbocycles. The lowest BCUT2D eigenvalue weighted by Crippen LogP contribution is -2.32. The highest BCUT2D eigenvalue weighted by Gasteiger charge is 2.35. The van der Waals surface area contributed by atoms with E-state index in [0.717, 1.165) is 17.1 Å². The van der Waals surface area contributed by atoms with Gasteiger partial charge in [0.25, 0.3) is 5.91 Å². The number of amides is 1. The molecule has 1 aromatic carbocycles. The summed E-state index contributed by atoms with van der Waals surface area (Å²) in [5.74, 6) is 0.323. The number of aryl methyl sites for hydroxylation is 1. The summed E-state index contributed by atoms with van der Waals surface area (Å²) in [6.45, 7) is 1.86. The minimum atomic E-state index is -0.407. The van der Waals surface area contributed by atoms with Crippen molar-refractivity contribution in [3.05, 3.63) is 65.6 Å². The number of carbonyl (C=O) groups excluding carboxylic acids is 1. The number of anilines is 2. The van der Waals surface area contributed by atoms with Crippen LogP contribution < -0.4 is 10.6 Å². The van der Waals surface area contributed by atoms with Gasteiger partial charge in [-0.05, 0) is 41.6 Å². The van der Waals surface area contributed by atoms with Crippen LogP contribution in [0.2, 0.25) is 0 Å². The van der Waals surface area contributed by atoms with Crippen molar-refractivity contribution in [3.8, 4) is 0 Å². The molecule has 25 heavy (non-hydrogen) atoms. The Balaban J connectivity index is 1.78. The van der Waals surface area contributed by atoms with E-state index in [2.05, 4.69) is 26.2 Å². The van der Waals surface area contributed by atoms with Crippen LogP contribution in [0.5, 0.6) is 0 Å². The summed E-state index contributed by atoms with van der Waals surface area (Å²) < 4.78 is 3.59. The highest BCUT2D eigenvalue weighted by atomic mass is 16.1. The third-order valence-corrected chi connectivity index (χ3v) is 4.25. The molecular weight excluding hydrogens is 318 g/mol. The topological polar surface area (TPSA) is 89.7 Å². The molecule has 0 bridgehead atoms. The van der Waals surface area contributed by atoms with Gasteiger partial charge in [0.15, 0.2) is 0 Å². The molecule has 8 heteroatoms. The summed E-state index contributed by atoms with van der Waals surface area (Å²) in [7, 11) is 1.93. The minimum absolute atomic E-state index is 0.191. The average Bonchev–Trinajstić information content (AvgIpc) is 3.23. The van der Waals surface area contributed by atoms with Gasteiger partial charge >= 0.3 is 0 Å². The molecule has 2 aromatic heterocycles. The Morgan fingerprint density at radius 1 is 1.20 bits per heavy atom. The van der Waals surface area contributed by atoms with Gasteiger partial charge in [0, 0.05) is 30.3 Å². The molecule has 0 radical (unpaired) electrons. The van der Waals surface area contributed by atoms with Gasteiger partial charge in [-0.2, -0.15) is 4.68 Å². The molecule has 1 unspecified atom stereocenters. The quantitative estimate of drug-likeness (QED) is 0.763. The lowest BCUT2D eigenvalue weighted by Gasteiger charge is -2.28. The first-order chi connectivity index (χ1) is 12.1. The smallest absolute Gasteiger partial charge is 0.255 e. The van der Waals surface area contributed by atoms with Crippen molar-refractivity contribution >= 4 is 17.5 Å². The summed E-state index contributed by atoms with van der Waals surface area (Å²) in [6, 6.07) is 12.9. The van der Waals surface area contributed by atoms with Gasteiger partial charge in [-0.3, -0.25) is 4.79 Å². The van der Waals surface area contributed by atoms with Crippen LogP contribution in [0, 0.1) is 0 Å². The monoisotopic (exact) mass is 335 g/mol. The fourth-order valence-electron chi connectivity index (χ4n) is 3.06. The van der Waals surface area contributed by atoms with Crippen LogP contribution >= 0.6 is 0 Å². The molecule has 3 heterocycles. The van der Waals surface area contributed by atoms with Crippen molar-refractivity contribution in [2.24, 2.45) is 7.05 Å². The first-order valence-electron chi connectivity index (χ1n) is 7.88. The standard InChI is InChI=1S/C17H17N7O/c1-11-14(16(25)19-12-7-4-3-5-8-12)15(13-9-6-10-23(13)2)24-17(18-11)20-21-22-24/h3-10,15H,1-2H3,(H,19,25)(H,18,20,22). The largest absolute Gasteiger partial charge is 0.352 e. The number of aromatic nitrogens is 5. The fraction of sp³-hybridized carbons (Fsp3) is 0.176. The van der Waals surface area contributed by atoms with Crippen molar-refractivity contribution in [1.29, 1.82) is 0 Å². The SMILES string of the molecule is CC1=C(C(=O)Nc2ccccc2)C(c2cccn2C)n2nnnc2N1. The van der Waals surface area contributed by atoms with Gasteiger partial charge in [-0.15, -0.1) is 0 Å². The van der Waals surface area contributed by atoms with E-state index in [1.54, 1.807) is 4.68 Å². The predicted octanol–water partition coefficient (Wildman–Crippen LogP) is 1.94. The second-order valence-corrected chi connectivity index (χ2v) is 5.88. The van der Waals surface area contributed by atoms with Gasteiger partial charge in [0.1, 0.15) is 6.04 Å². The second-order valence-electron chi connectivity index (χ2n) is 5.88. The van der Waals surface area contributed by atoms with E-state index in [4.69, 9.17) is 0 Å². The molecule has 1 amide bonds. The zero-order valence-corrected chi connectivity index (χ0v) is 13.8. The van der Waals surface area contributed by atoms with Crippen LogP contribution in [0.3, 0.4) is 0 Å². The van der Waals surface area contributed by atoms with Crippen LogP contribution in [-0.4, -0.2) is 30.7 Å². The highest BCUT2D eigenvalue weighted by molar-refractivity contribution is 6.05. The molecule has 2 N–H and O–H groups in total. The van der Waals surface area contributed by atoms with Crippen molar-refractivity contribution in [2.45, 2.75) is 13.0 Å². The zero-order chi connectivity index (χ0) is 17.4. The number of nitrogens with zero attached hydrogens (tertiary/aromatic N) is 5. The van der Waals surface area contributed by atoms with Crippen LogP contribution in [0.4, 0.5) is 11.6 Å². The summed E-state index contributed by atoms with van der Waals surface area (Å²) >= 11 is 0. The van der Waals surface area contributed by atoms with E-state index in [-0.39, 0.29) is 5.91 Å². The van der Waals surface area contributed by atoms with E-state index >= 15 is 0 Å². The molecule has 0 saturated carbocycles. The number of nitrogens with one attached hydrogen (secondary N) is 2. The maximum absolute atomic E-state index is 13.0. The van der Waals surface area contributed by atoms with Gasteiger partial charge in [0.2, 0.25) is 5.95 Å². The Bertz CT molecular complexity index is 954. The van der Waals surface area contributed by atoms with E-state index in [1.165, 1.54) is 0 Å². The maximum atomic E-state index is 13.0. The van der Waals surface area contributed by atoms with E-state index < -0.39 is 6.04 Å². The molecule has 1 aliphatic heterocycles. The third-order valence-electron chi connectivity index (χ3n) is 4.25. The number of para-hydroxylation sites is 1. The summed E-state index contributed by atoms with van der Waals surface area (Å²) in [5.41, 5.74) is 2.96. The molecule has 4 rings (SSSR count). The highest BCUT2D eigenvalue weighted by Crippen LogP contribution is 2.34. The van der Waals surface area contributed by atoms with Gasteiger partial charge in [0.05, 0.1) is 5.57 Å². The molecule has 0 fully saturated rings. The minimum Gasteiger partial charge on any atom is -0.352 e. The average molecular weight is 335 g/mol. The summed E-state index contributed by atoms with van der Waals surface area (Å²) in [4.78, 5) is 13.0. The summed E-state index contributed by atoms with van der Waals surface area (Å²) in [6.07, 6.45) is 1.93. The normalized spacial score (nSPS) is 16.3. The van der Waals surface area contributed by atoms with Crippen molar-refractivity contribution in [3.63, 3.8) is 0 Å². The number of carbonyl (C=O) groups is 1. The molecule has 8 nitrogen and oxygen atoms in total. The summed E-state index contributed by atoms with van der Waals surface area (Å²) in [5, 5.41) is 17.9. The van der Waals surface area contributed by atoms with Crippen LogP contribution in [-0.2, 0) is 11.8 Å². The van der Waals surface area contributed by atoms with Crippen LogP contribution in [0.1, 0.15) is 18.7 Å². The van der Waals surface area contributed by atoms with Crippen LogP contribution in [0.15, 0.2) is 59.9 Å². The lowest BCUT2D eigenvalue weighted by atomic mass is 9.99. The molecular formula is C17H17N7O. The molecule has 0 saturated heterocycles. The Morgan fingerprint density at radius 3 is 2.72 bits per heavy atom. The Labute approximate surface area is 144 Å². The maximum Gasteiger partial charge on any atom is 0.255 e. The van der Waals surface area contributed by atoms with Crippen LogP contribution in [0.25, 0.3) is 0 Å². The predicted molar refractivity (Wildman–Crippen MR) is 92.8 cm³/mol. The Hall–Kier alpha value is -3.42. The molecule has 1 atom stereocenters. The first-order valence-corrected chi connectivity index (χ1v) is 7.88. The molecule has 126 valence electrons. The second kappa shape index (κ2) is 5.90. The third kappa shape index (κ3) is 2.57. The number of benzene rings is 1. The molecule has 1 aliphatic rings. The Morgan fingerprint density at radius 2 is 2.00 bits per heavy atom. The number of rotatable bonds is 3. The number of hydrogen-bond donors (Lipinski definition) is 2. The van der Waals surface area contributed by atoms with Crippen molar-refractivity contribution < 1.29 is 4.79 Å².